The summed E-state index contributed by atoms with van der Waals surface area (Å²) in [6.45, 7) is -0.117. The molecule has 2 aliphatic rings. The van der Waals surface area contributed by atoms with Crippen LogP contribution in [0.2, 0.25) is 10.0 Å². The van der Waals surface area contributed by atoms with Crippen LogP contribution < -0.4 is 5.73 Å². The van der Waals surface area contributed by atoms with Crippen LogP contribution in [0.25, 0.3) is 5.57 Å². The van der Waals surface area contributed by atoms with Crippen LogP contribution in [0, 0.1) is 0 Å². The van der Waals surface area contributed by atoms with Crippen molar-refractivity contribution in [2.75, 3.05) is 0 Å². The van der Waals surface area contributed by atoms with E-state index in [1.54, 1.807) is 12.1 Å². The van der Waals surface area contributed by atoms with Crippen LogP contribution in [0.3, 0.4) is 0 Å². The molecule has 352 valence electrons. The molecule has 5 aromatic carbocycles. The summed E-state index contributed by atoms with van der Waals surface area (Å²) in [6, 6.07) is 17.9. The van der Waals surface area contributed by atoms with E-state index in [9.17, 15) is 67.1 Å². The zero-order chi connectivity index (χ0) is 49.6. The first-order valence-corrected chi connectivity index (χ1v) is 21.0. The predicted molar refractivity (Wildman–Crippen MR) is 228 cm³/mol. The molecule has 0 aromatic heterocycles. The second kappa shape index (κ2) is 19.0. The van der Waals surface area contributed by atoms with Gasteiger partial charge in [0.2, 0.25) is 0 Å². The highest BCUT2D eigenvalue weighted by molar-refractivity contribution is 9.10. The molecule has 0 radical (unpaired) electrons. The number of nitrogens with zero attached hydrogens (tertiary/aromatic N) is 2. The Balaban J connectivity index is 0.000000229. The molecule has 0 fully saturated rings. The molecule has 2 amide bonds. The topological polar surface area (TPSA) is 102 Å². The van der Waals surface area contributed by atoms with Gasteiger partial charge in [-0.1, -0.05) is 96.6 Å². The number of carbonyl (C=O) groups is 3. The molecule has 1 unspecified atom stereocenters. The Bertz CT molecular complexity index is 2830. The van der Waals surface area contributed by atoms with Gasteiger partial charge in [0.05, 0.1) is 40.1 Å². The summed E-state index contributed by atoms with van der Waals surface area (Å²) in [5, 5.41) is 3.67. The number of amides is 2. The molecule has 7 nitrogen and oxygen atoms in total. The molecule has 7 rings (SSSR count). The summed E-state index contributed by atoms with van der Waals surface area (Å²) in [5.41, 5.74) is -2.14. The van der Waals surface area contributed by atoms with Crippen molar-refractivity contribution in [3.05, 3.63) is 178 Å². The van der Waals surface area contributed by atoms with Crippen molar-refractivity contribution in [1.29, 1.82) is 0 Å². The van der Waals surface area contributed by atoms with Gasteiger partial charge in [0.15, 0.2) is 5.78 Å². The van der Waals surface area contributed by atoms with E-state index in [4.69, 9.17) is 33.8 Å². The number of nitrogens with two attached hydrogens (primary N) is 1. The fourth-order valence-electron chi connectivity index (χ4n) is 6.77. The Hall–Kier alpha value is -5.22. The monoisotopic (exact) mass is 1110 g/mol. The molecule has 2 aliphatic heterocycles. The van der Waals surface area contributed by atoms with Gasteiger partial charge >= 0.3 is 24.7 Å². The second-order valence-electron chi connectivity index (χ2n) is 14.6. The molecule has 0 spiro atoms. The molecule has 2 N–H and O–H groups in total. The third-order valence-electron chi connectivity index (χ3n) is 10.1. The van der Waals surface area contributed by atoms with Crippen LogP contribution in [0.15, 0.2) is 117 Å². The van der Waals surface area contributed by atoms with E-state index < -0.39 is 82.2 Å². The number of imide groups is 1. The van der Waals surface area contributed by atoms with E-state index >= 15 is 0 Å². The number of alkyl halides is 12. The summed E-state index contributed by atoms with van der Waals surface area (Å²) < 4.78 is 162. The van der Waals surface area contributed by atoms with Crippen molar-refractivity contribution in [2.24, 2.45) is 10.9 Å². The van der Waals surface area contributed by atoms with Crippen molar-refractivity contribution >= 4 is 83.9 Å². The molecule has 0 aliphatic carbocycles. The fraction of sp³-hybridized carbons (Fsp3) is 0.182. The summed E-state index contributed by atoms with van der Waals surface area (Å²) in [4.78, 5) is 43.6. The molecular weight excluding hydrogens is 1090 g/mol. The third-order valence-corrected chi connectivity index (χ3v) is 11.8. The quantitative estimate of drug-likeness (QED) is 0.0722. The Morgan fingerprint density at radius 3 is 1.79 bits per heavy atom. The SMILES string of the molecule is NCc1ccc(C2=NOC(c3cc(Br)cc(C(F)(F)F)c3)(C(F)(F)F)C2)cc1Cl.O=C(/C=C(/c1cc(Br)cc(C(F)(F)F)c1)C(F)(F)F)c1ccc(CN2C(=O)c3ccccc3C2=O)c(Cl)c1. The maximum absolute atomic E-state index is 14.0. The summed E-state index contributed by atoms with van der Waals surface area (Å²) in [5.74, 6) is -2.27. The van der Waals surface area contributed by atoms with Crippen molar-refractivity contribution in [1.82, 2.24) is 4.90 Å². The molecule has 5 aromatic rings. The average Bonchev–Trinajstić information content (AvgIpc) is 3.80. The number of halogens is 16. The number of hydrogen-bond donors (Lipinski definition) is 1. The summed E-state index contributed by atoms with van der Waals surface area (Å²) in [7, 11) is 0. The number of ketones is 1. The number of fused-ring (bicyclic) bond motifs is 1. The van der Waals surface area contributed by atoms with Gasteiger partial charge in [0.1, 0.15) is 0 Å². The Morgan fingerprint density at radius 1 is 0.716 bits per heavy atom. The van der Waals surface area contributed by atoms with Crippen molar-refractivity contribution in [3.63, 3.8) is 0 Å². The molecule has 0 saturated heterocycles. The number of carbonyl (C=O) groups excluding carboxylic acids is 3. The van der Waals surface area contributed by atoms with Crippen LogP contribution >= 0.6 is 55.1 Å². The summed E-state index contributed by atoms with van der Waals surface area (Å²) in [6.07, 6.45) is -20.6. The third kappa shape index (κ3) is 11.1. The smallest absolute Gasteiger partial charge is 0.374 e. The van der Waals surface area contributed by atoms with Gasteiger partial charge in [0.25, 0.3) is 17.4 Å². The Kier molecular flexibility index (Phi) is 14.6. The lowest BCUT2D eigenvalue weighted by Gasteiger charge is -2.30. The zero-order valence-corrected chi connectivity index (χ0v) is 37.8. The lowest BCUT2D eigenvalue weighted by atomic mass is 9.85. The van der Waals surface area contributed by atoms with Gasteiger partial charge in [-0.15, -0.1) is 0 Å². The number of benzene rings is 5. The van der Waals surface area contributed by atoms with E-state index in [0.29, 0.717) is 29.8 Å². The van der Waals surface area contributed by atoms with Crippen LogP contribution in [0.5, 0.6) is 0 Å². The fourth-order valence-corrected chi connectivity index (χ4v) is 8.26. The maximum atomic E-state index is 14.0. The maximum Gasteiger partial charge on any atom is 0.435 e. The average molecular weight is 1120 g/mol. The first-order chi connectivity index (χ1) is 31.0. The second-order valence-corrected chi connectivity index (χ2v) is 17.2. The molecule has 0 bridgehead atoms. The van der Waals surface area contributed by atoms with E-state index in [1.165, 1.54) is 36.4 Å². The number of hydrogen-bond acceptors (Lipinski definition) is 6. The molecule has 67 heavy (non-hydrogen) atoms. The number of rotatable bonds is 8. The van der Waals surface area contributed by atoms with E-state index in [1.807, 2.05) is 0 Å². The normalized spacial score (nSPS) is 16.6. The van der Waals surface area contributed by atoms with Crippen molar-refractivity contribution in [2.45, 2.75) is 49.8 Å². The zero-order valence-electron chi connectivity index (χ0n) is 33.1. The van der Waals surface area contributed by atoms with Crippen molar-refractivity contribution < 1.29 is 71.9 Å². The molecule has 23 heteroatoms. The molecule has 0 saturated carbocycles. The highest BCUT2D eigenvalue weighted by Gasteiger charge is 2.62. The van der Waals surface area contributed by atoms with E-state index in [0.717, 1.165) is 29.2 Å². The first kappa shape index (κ1) is 51.2. The van der Waals surface area contributed by atoms with Gasteiger partial charge in [-0.3, -0.25) is 19.3 Å². The minimum Gasteiger partial charge on any atom is -0.374 e. The largest absolute Gasteiger partial charge is 0.435 e. The van der Waals surface area contributed by atoms with Crippen molar-refractivity contribution in [3.8, 4) is 0 Å². The van der Waals surface area contributed by atoms with Gasteiger partial charge in [-0.05, 0) is 83.4 Å². The lowest BCUT2D eigenvalue weighted by Crippen LogP contribution is -2.43. The van der Waals surface area contributed by atoms with E-state index in [-0.39, 0.29) is 71.7 Å². The predicted octanol–water partition coefficient (Wildman–Crippen LogP) is 13.9. The van der Waals surface area contributed by atoms with Crippen LogP contribution in [-0.2, 0) is 35.9 Å². The molecule has 2 heterocycles. The highest BCUT2D eigenvalue weighted by atomic mass is 79.9. The highest BCUT2D eigenvalue weighted by Crippen LogP contribution is 2.50. The van der Waals surface area contributed by atoms with Crippen LogP contribution in [0.1, 0.15) is 76.4 Å². The Morgan fingerprint density at radius 2 is 1.27 bits per heavy atom. The van der Waals surface area contributed by atoms with E-state index in [2.05, 4.69) is 37.0 Å². The van der Waals surface area contributed by atoms with Crippen LogP contribution in [0.4, 0.5) is 52.7 Å². The molecule has 1 atom stereocenters. The molecular formula is C44H25Br2Cl2F12N3O4. The minimum atomic E-state index is -5.16. The number of allylic oxidation sites excluding steroid dienone is 2. The van der Waals surface area contributed by atoms with Gasteiger partial charge in [0, 0.05) is 48.6 Å². The summed E-state index contributed by atoms with van der Waals surface area (Å²) >= 11 is 17.9. The first-order valence-electron chi connectivity index (χ1n) is 18.7. The Labute approximate surface area is 397 Å². The van der Waals surface area contributed by atoms with Gasteiger partial charge in [-0.25, -0.2) is 0 Å². The van der Waals surface area contributed by atoms with Crippen LogP contribution in [-0.4, -0.2) is 40.6 Å². The lowest BCUT2D eigenvalue weighted by molar-refractivity contribution is -0.276. The van der Waals surface area contributed by atoms with Gasteiger partial charge < -0.3 is 10.6 Å². The standard InChI is InChI=1S/C26H13BrClF6NO3.C18H12BrClF6N2O/c27-17-8-15(7-16(10-17)25(29,30)31)20(26(32,33)34)11-22(36)13-5-6-14(21(28)9-13)12-35-23(37)18-3-1-2-4-19(18)24(35)38;19-13-5-11(4-12(6-13)17(21,22)23)16(18(24,25)26)7-15(28-29-16)9-1-2-10(8-27)14(20)3-9/h1-11H,12H2;1-6H,7-8,27H2/b20-11-;. The number of oxime groups is 1. The minimum absolute atomic E-state index is 0.0960. The van der Waals surface area contributed by atoms with Gasteiger partial charge in [-0.2, -0.15) is 52.7 Å².